The van der Waals surface area contributed by atoms with Crippen LogP contribution in [0.2, 0.25) is 0 Å². The molecule has 2 N–H and O–H groups in total. The van der Waals surface area contributed by atoms with Gasteiger partial charge in [0.15, 0.2) is 0 Å². The molecule has 2 saturated carbocycles. The number of hydrogen-bond acceptors (Lipinski definition) is 3. The average Bonchev–Trinajstić information content (AvgIpc) is 3.17. The fourth-order valence-corrected chi connectivity index (χ4v) is 5.10. The molecule has 1 heterocycles. The van der Waals surface area contributed by atoms with Gasteiger partial charge in [0.2, 0.25) is 0 Å². The Kier molecular flexibility index (Phi) is 3.71. The maximum atomic E-state index is 13.5. The van der Waals surface area contributed by atoms with E-state index in [1.54, 1.807) is 6.07 Å². The van der Waals surface area contributed by atoms with Gasteiger partial charge in [-0.3, -0.25) is 0 Å². The Hall–Kier alpha value is -0.970. The van der Waals surface area contributed by atoms with Crippen LogP contribution in [0.25, 0.3) is 0 Å². The van der Waals surface area contributed by atoms with Gasteiger partial charge in [0.25, 0.3) is 0 Å². The second-order valence-corrected chi connectivity index (χ2v) is 7.13. The molecule has 3 aliphatic rings. The van der Waals surface area contributed by atoms with Gasteiger partial charge in [-0.25, -0.2) is 4.39 Å². The van der Waals surface area contributed by atoms with Crippen molar-refractivity contribution < 1.29 is 14.2 Å². The number of aliphatic hydroxyl groups excluding tert-OH is 1. The highest BCUT2D eigenvalue weighted by Crippen LogP contribution is 2.60. The predicted molar refractivity (Wildman–Crippen MR) is 81.7 cm³/mol. The van der Waals surface area contributed by atoms with Crippen LogP contribution < -0.4 is 5.32 Å². The fourth-order valence-electron chi connectivity index (χ4n) is 5.10. The van der Waals surface area contributed by atoms with Gasteiger partial charge in [-0.15, -0.1) is 0 Å². The SMILES string of the molecule is OCc1cc(CN[C@@H]2[C@@H]3CCO[C@@H]3C23CCCC3)ccc1F. The van der Waals surface area contributed by atoms with E-state index >= 15 is 0 Å². The lowest BCUT2D eigenvalue weighted by molar-refractivity contribution is -0.130. The monoisotopic (exact) mass is 305 g/mol. The first-order valence-corrected chi connectivity index (χ1v) is 8.48. The van der Waals surface area contributed by atoms with E-state index in [0.29, 0.717) is 29.0 Å². The molecule has 4 heteroatoms. The molecular formula is C18H24FNO2. The molecule has 2 aliphatic carbocycles. The zero-order valence-corrected chi connectivity index (χ0v) is 12.9. The minimum atomic E-state index is -0.327. The lowest BCUT2D eigenvalue weighted by Gasteiger charge is -2.57. The molecule has 1 spiro atoms. The van der Waals surface area contributed by atoms with E-state index in [0.717, 1.165) is 25.1 Å². The Labute approximate surface area is 130 Å². The number of fused-ring (bicyclic) bond motifs is 2. The molecule has 3 nitrogen and oxygen atoms in total. The molecule has 1 saturated heterocycles. The number of nitrogens with one attached hydrogen (secondary N) is 1. The van der Waals surface area contributed by atoms with E-state index in [9.17, 15) is 9.50 Å². The van der Waals surface area contributed by atoms with Crippen LogP contribution in [0.4, 0.5) is 4.39 Å². The highest BCUT2D eigenvalue weighted by Gasteiger charge is 2.64. The summed E-state index contributed by atoms with van der Waals surface area (Å²) >= 11 is 0. The summed E-state index contributed by atoms with van der Waals surface area (Å²) in [5, 5.41) is 12.9. The first kappa shape index (κ1) is 14.6. The summed E-state index contributed by atoms with van der Waals surface area (Å²) in [6.45, 7) is 1.40. The van der Waals surface area contributed by atoms with Crippen LogP contribution in [0.5, 0.6) is 0 Å². The van der Waals surface area contributed by atoms with Crippen molar-refractivity contribution in [2.24, 2.45) is 11.3 Å². The normalized spacial score (nSPS) is 32.2. The standard InChI is InChI=1S/C18H24FNO2/c19-15-4-3-12(9-13(15)11-21)10-20-16-14-5-8-22-17(14)18(16)6-1-2-7-18/h3-4,9,14,16-17,20-21H,1-2,5-8,10-11H2/t14-,16+,17-/m0/s1. The summed E-state index contributed by atoms with van der Waals surface area (Å²) in [6.07, 6.45) is 6.81. The van der Waals surface area contributed by atoms with Crippen LogP contribution in [0.15, 0.2) is 18.2 Å². The number of aliphatic hydroxyl groups is 1. The van der Waals surface area contributed by atoms with Gasteiger partial charge in [0.05, 0.1) is 12.7 Å². The van der Waals surface area contributed by atoms with Crippen molar-refractivity contribution in [3.63, 3.8) is 0 Å². The van der Waals surface area contributed by atoms with Crippen LogP contribution in [0.3, 0.4) is 0 Å². The second-order valence-electron chi connectivity index (χ2n) is 7.13. The van der Waals surface area contributed by atoms with Gasteiger partial charge < -0.3 is 15.2 Å². The Bertz CT molecular complexity index is 556. The summed E-state index contributed by atoms with van der Waals surface area (Å²) < 4.78 is 19.5. The topological polar surface area (TPSA) is 41.5 Å². The van der Waals surface area contributed by atoms with Crippen molar-refractivity contribution in [2.75, 3.05) is 6.61 Å². The zero-order valence-electron chi connectivity index (χ0n) is 12.9. The van der Waals surface area contributed by atoms with Gasteiger partial charge in [0, 0.05) is 36.1 Å². The molecule has 120 valence electrons. The Morgan fingerprint density at radius 1 is 1.32 bits per heavy atom. The van der Waals surface area contributed by atoms with Gasteiger partial charge in [0.1, 0.15) is 5.82 Å². The van der Waals surface area contributed by atoms with E-state index in [1.807, 2.05) is 6.07 Å². The Morgan fingerprint density at radius 3 is 2.91 bits per heavy atom. The number of rotatable bonds is 4. The molecule has 0 aromatic heterocycles. The fraction of sp³-hybridized carbons (Fsp3) is 0.667. The van der Waals surface area contributed by atoms with E-state index in [4.69, 9.17) is 4.74 Å². The molecule has 3 atom stereocenters. The molecule has 4 rings (SSSR count). The molecule has 1 aliphatic heterocycles. The third-order valence-electron chi connectivity index (χ3n) is 6.09. The van der Waals surface area contributed by atoms with Crippen LogP contribution in [-0.4, -0.2) is 23.9 Å². The van der Waals surface area contributed by atoms with E-state index in [-0.39, 0.29) is 12.4 Å². The van der Waals surface area contributed by atoms with Gasteiger partial charge in [-0.2, -0.15) is 0 Å². The van der Waals surface area contributed by atoms with Crippen molar-refractivity contribution in [1.29, 1.82) is 0 Å². The van der Waals surface area contributed by atoms with Gasteiger partial charge >= 0.3 is 0 Å². The minimum Gasteiger partial charge on any atom is -0.392 e. The third kappa shape index (κ3) is 2.12. The lowest BCUT2D eigenvalue weighted by Crippen LogP contribution is -2.67. The first-order chi connectivity index (χ1) is 10.7. The summed E-state index contributed by atoms with van der Waals surface area (Å²) in [7, 11) is 0. The van der Waals surface area contributed by atoms with Crippen LogP contribution in [0.1, 0.15) is 43.2 Å². The predicted octanol–water partition coefficient (Wildman–Crippen LogP) is 2.76. The summed E-state index contributed by atoms with van der Waals surface area (Å²) in [4.78, 5) is 0. The van der Waals surface area contributed by atoms with Crippen molar-refractivity contribution in [2.45, 2.75) is 57.4 Å². The van der Waals surface area contributed by atoms with Crippen molar-refractivity contribution in [1.82, 2.24) is 5.32 Å². The number of benzene rings is 1. The molecule has 22 heavy (non-hydrogen) atoms. The van der Waals surface area contributed by atoms with E-state index in [1.165, 1.54) is 31.7 Å². The molecule has 0 bridgehead atoms. The molecule has 1 aromatic rings. The maximum absolute atomic E-state index is 13.5. The van der Waals surface area contributed by atoms with Crippen LogP contribution in [-0.2, 0) is 17.9 Å². The quantitative estimate of drug-likeness (QED) is 0.899. The van der Waals surface area contributed by atoms with Gasteiger partial charge in [-0.05, 0) is 37.0 Å². The maximum Gasteiger partial charge on any atom is 0.128 e. The molecule has 0 unspecified atom stereocenters. The molecular weight excluding hydrogens is 281 g/mol. The summed E-state index contributed by atoms with van der Waals surface area (Å²) in [5.41, 5.74) is 1.77. The van der Waals surface area contributed by atoms with Crippen LogP contribution >= 0.6 is 0 Å². The summed E-state index contributed by atoms with van der Waals surface area (Å²) in [6, 6.07) is 5.57. The van der Waals surface area contributed by atoms with E-state index < -0.39 is 0 Å². The average molecular weight is 305 g/mol. The number of hydrogen-bond donors (Lipinski definition) is 2. The minimum absolute atomic E-state index is 0.244. The third-order valence-corrected chi connectivity index (χ3v) is 6.09. The summed E-state index contributed by atoms with van der Waals surface area (Å²) in [5.74, 6) is 0.322. The van der Waals surface area contributed by atoms with Crippen molar-refractivity contribution in [3.8, 4) is 0 Å². The van der Waals surface area contributed by atoms with E-state index in [2.05, 4.69) is 5.32 Å². The molecule has 3 fully saturated rings. The van der Waals surface area contributed by atoms with Crippen LogP contribution in [0, 0.1) is 17.2 Å². The number of halogens is 1. The second kappa shape index (κ2) is 5.59. The molecule has 0 amide bonds. The number of ether oxygens (including phenoxy) is 1. The van der Waals surface area contributed by atoms with Crippen molar-refractivity contribution in [3.05, 3.63) is 35.1 Å². The van der Waals surface area contributed by atoms with Gasteiger partial charge in [-0.1, -0.05) is 18.9 Å². The Morgan fingerprint density at radius 2 is 2.14 bits per heavy atom. The largest absolute Gasteiger partial charge is 0.392 e. The zero-order chi connectivity index (χ0) is 15.2. The molecule has 1 aromatic carbocycles. The molecule has 0 radical (unpaired) electrons. The Balaban J connectivity index is 1.47. The highest BCUT2D eigenvalue weighted by molar-refractivity contribution is 5.25. The first-order valence-electron chi connectivity index (χ1n) is 8.48. The lowest BCUT2D eigenvalue weighted by atomic mass is 9.54. The smallest absolute Gasteiger partial charge is 0.128 e. The van der Waals surface area contributed by atoms with Crippen molar-refractivity contribution >= 4 is 0 Å². The highest BCUT2D eigenvalue weighted by atomic mass is 19.1.